The minimum absolute atomic E-state index is 0.150. The number of rotatable bonds is 6. The third-order valence-electron chi connectivity index (χ3n) is 3.79. The highest BCUT2D eigenvalue weighted by Gasteiger charge is 2.19. The molecule has 21 heavy (non-hydrogen) atoms. The molecule has 1 amide bonds. The van der Waals surface area contributed by atoms with Crippen molar-refractivity contribution in [3.63, 3.8) is 0 Å². The van der Waals surface area contributed by atoms with Gasteiger partial charge in [-0.25, -0.2) is 0 Å². The Morgan fingerprint density at radius 2 is 1.90 bits per heavy atom. The SMILES string of the molecule is CCOc1ccccc1NCC(=O)N1CCN(CC)CC1. The molecule has 0 bridgehead atoms. The van der Waals surface area contributed by atoms with E-state index in [-0.39, 0.29) is 5.91 Å². The maximum Gasteiger partial charge on any atom is 0.241 e. The summed E-state index contributed by atoms with van der Waals surface area (Å²) in [5.41, 5.74) is 0.875. The number of carbonyl (C=O) groups excluding carboxylic acids is 1. The number of para-hydroxylation sites is 2. The number of likely N-dealkylation sites (N-methyl/N-ethyl adjacent to an activating group) is 1. The predicted molar refractivity (Wildman–Crippen MR) is 84.8 cm³/mol. The maximum absolute atomic E-state index is 12.2. The first-order chi connectivity index (χ1) is 10.2. The van der Waals surface area contributed by atoms with Gasteiger partial charge in [0.2, 0.25) is 5.91 Å². The number of nitrogens with zero attached hydrogens (tertiary/aromatic N) is 2. The molecule has 116 valence electrons. The summed E-state index contributed by atoms with van der Waals surface area (Å²) in [7, 11) is 0. The van der Waals surface area contributed by atoms with Crippen LogP contribution in [0.4, 0.5) is 5.69 Å². The molecular weight excluding hydrogens is 266 g/mol. The molecular formula is C16H25N3O2. The molecule has 0 aromatic heterocycles. The van der Waals surface area contributed by atoms with Crippen LogP contribution < -0.4 is 10.1 Å². The molecule has 0 saturated carbocycles. The number of carbonyl (C=O) groups is 1. The van der Waals surface area contributed by atoms with Gasteiger partial charge in [-0.3, -0.25) is 4.79 Å². The minimum atomic E-state index is 0.150. The fourth-order valence-corrected chi connectivity index (χ4v) is 2.49. The number of hydrogen-bond donors (Lipinski definition) is 1. The second-order valence-electron chi connectivity index (χ2n) is 5.10. The summed E-state index contributed by atoms with van der Waals surface area (Å²) in [6.07, 6.45) is 0. The van der Waals surface area contributed by atoms with Gasteiger partial charge < -0.3 is 19.9 Å². The minimum Gasteiger partial charge on any atom is -0.492 e. The van der Waals surface area contributed by atoms with Gasteiger partial charge in [0, 0.05) is 26.2 Å². The molecule has 5 nitrogen and oxygen atoms in total. The van der Waals surface area contributed by atoms with Crippen LogP contribution in [0.25, 0.3) is 0 Å². The van der Waals surface area contributed by atoms with Crippen LogP contribution in [0.5, 0.6) is 5.75 Å². The molecule has 0 spiro atoms. The van der Waals surface area contributed by atoms with Crippen LogP contribution in [0.15, 0.2) is 24.3 Å². The summed E-state index contributed by atoms with van der Waals surface area (Å²) in [6.45, 7) is 9.68. The third-order valence-corrected chi connectivity index (χ3v) is 3.79. The van der Waals surface area contributed by atoms with E-state index in [0.717, 1.165) is 44.2 Å². The van der Waals surface area contributed by atoms with E-state index in [1.165, 1.54) is 0 Å². The average molecular weight is 291 g/mol. The number of hydrogen-bond acceptors (Lipinski definition) is 4. The van der Waals surface area contributed by atoms with E-state index in [4.69, 9.17) is 4.74 Å². The Balaban J connectivity index is 1.84. The van der Waals surface area contributed by atoms with Gasteiger partial charge >= 0.3 is 0 Å². The molecule has 1 N–H and O–H groups in total. The maximum atomic E-state index is 12.2. The lowest BCUT2D eigenvalue weighted by atomic mass is 10.2. The predicted octanol–water partition coefficient (Wildman–Crippen LogP) is 1.66. The summed E-state index contributed by atoms with van der Waals surface area (Å²) in [5, 5.41) is 3.19. The zero-order valence-electron chi connectivity index (χ0n) is 13.0. The summed E-state index contributed by atoms with van der Waals surface area (Å²) < 4.78 is 5.55. The van der Waals surface area contributed by atoms with Gasteiger partial charge in [-0.1, -0.05) is 19.1 Å². The highest BCUT2D eigenvalue weighted by Crippen LogP contribution is 2.23. The lowest BCUT2D eigenvalue weighted by Crippen LogP contribution is -2.49. The number of nitrogens with one attached hydrogen (secondary N) is 1. The van der Waals surface area contributed by atoms with Crippen LogP contribution in [0.3, 0.4) is 0 Å². The molecule has 0 aliphatic carbocycles. The number of benzene rings is 1. The van der Waals surface area contributed by atoms with E-state index in [1.54, 1.807) is 0 Å². The van der Waals surface area contributed by atoms with Gasteiger partial charge in [-0.2, -0.15) is 0 Å². The van der Waals surface area contributed by atoms with Gasteiger partial charge in [0.25, 0.3) is 0 Å². The van der Waals surface area contributed by atoms with E-state index < -0.39 is 0 Å². The Morgan fingerprint density at radius 3 is 2.57 bits per heavy atom. The summed E-state index contributed by atoms with van der Waals surface area (Å²) in [5.74, 6) is 0.945. The lowest BCUT2D eigenvalue weighted by Gasteiger charge is -2.34. The van der Waals surface area contributed by atoms with Crippen molar-refractivity contribution in [2.24, 2.45) is 0 Å². The van der Waals surface area contributed by atoms with Crippen LogP contribution in [0.1, 0.15) is 13.8 Å². The molecule has 0 atom stereocenters. The van der Waals surface area contributed by atoms with Crippen molar-refractivity contribution >= 4 is 11.6 Å². The number of piperazine rings is 1. The van der Waals surface area contributed by atoms with Crippen LogP contribution in [-0.2, 0) is 4.79 Å². The second kappa shape index (κ2) is 7.88. The van der Waals surface area contributed by atoms with Crippen LogP contribution in [-0.4, -0.2) is 61.6 Å². The molecule has 2 rings (SSSR count). The highest BCUT2D eigenvalue weighted by atomic mass is 16.5. The van der Waals surface area contributed by atoms with Gasteiger partial charge in [-0.15, -0.1) is 0 Å². The fourth-order valence-electron chi connectivity index (χ4n) is 2.49. The average Bonchev–Trinajstić information content (AvgIpc) is 2.54. The van der Waals surface area contributed by atoms with Gasteiger partial charge in [0.05, 0.1) is 18.8 Å². The quantitative estimate of drug-likeness (QED) is 0.866. The molecule has 0 radical (unpaired) electrons. The molecule has 1 fully saturated rings. The summed E-state index contributed by atoms with van der Waals surface area (Å²) in [6, 6.07) is 7.72. The molecule has 1 aliphatic rings. The molecule has 1 saturated heterocycles. The van der Waals surface area contributed by atoms with Crippen molar-refractivity contribution in [3.8, 4) is 5.75 Å². The Labute approximate surface area is 126 Å². The summed E-state index contributed by atoms with van der Waals surface area (Å²) >= 11 is 0. The van der Waals surface area contributed by atoms with Crippen molar-refractivity contribution < 1.29 is 9.53 Å². The highest BCUT2D eigenvalue weighted by molar-refractivity contribution is 5.81. The first-order valence-electron chi connectivity index (χ1n) is 7.70. The van der Waals surface area contributed by atoms with Crippen LogP contribution >= 0.6 is 0 Å². The smallest absolute Gasteiger partial charge is 0.241 e. The Bertz CT molecular complexity index is 457. The first-order valence-corrected chi connectivity index (χ1v) is 7.70. The largest absolute Gasteiger partial charge is 0.492 e. The van der Waals surface area contributed by atoms with Crippen LogP contribution in [0, 0.1) is 0 Å². The standard InChI is InChI=1S/C16H25N3O2/c1-3-18-9-11-19(12-10-18)16(20)13-17-14-7-5-6-8-15(14)21-4-2/h5-8,17H,3-4,9-13H2,1-2H3. The Kier molecular flexibility index (Phi) is 5.87. The molecule has 1 aromatic carbocycles. The zero-order valence-corrected chi connectivity index (χ0v) is 13.0. The van der Waals surface area contributed by atoms with Crippen molar-refractivity contribution in [2.45, 2.75) is 13.8 Å². The van der Waals surface area contributed by atoms with Crippen molar-refractivity contribution in [2.75, 3.05) is 51.2 Å². The summed E-state index contributed by atoms with van der Waals surface area (Å²) in [4.78, 5) is 16.5. The lowest BCUT2D eigenvalue weighted by molar-refractivity contribution is -0.131. The van der Waals surface area contributed by atoms with Crippen LogP contribution in [0.2, 0.25) is 0 Å². The van der Waals surface area contributed by atoms with Gasteiger partial charge in [0.15, 0.2) is 0 Å². The second-order valence-corrected chi connectivity index (χ2v) is 5.10. The molecule has 1 aromatic rings. The first kappa shape index (κ1) is 15.6. The van der Waals surface area contributed by atoms with Crippen molar-refractivity contribution in [1.82, 2.24) is 9.80 Å². The van der Waals surface area contributed by atoms with Crippen molar-refractivity contribution in [3.05, 3.63) is 24.3 Å². The Morgan fingerprint density at radius 1 is 1.19 bits per heavy atom. The normalized spacial score (nSPS) is 15.8. The van der Waals surface area contributed by atoms with Gasteiger partial charge in [0.1, 0.15) is 5.75 Å². The number of anilines is 1. The topological polar surface area (TPSA) is 44.8 Å². The molecule has 1 aliphatic heterocycles. The zero-order chi connectivity index (χ0) is 15.1. The third kappa shape index (κ3) is 4.36. The monoisotopic (exact) mass is 291 g/mol. The number of amides is 1. The molecule has 5 heteroatoms. The van der Waals surface area contributed by atoms with Gasteiger partial charge in [-0.05, 0) is 25.6 Å². The van der Waals surface area contributed by atoms with E-state index in [1.807, 2.05) is 36.1 Å². The fraction of sp³-hybridized carbons (Fsp3) is 0.562. The van der Waals surface area contributed by atoms with Crippen molar-refractivity contribution in [1.29, 1.82) is 0 Å². The molecule has 1 heterocycles. The number of ether oxygens (including phenoxy) is 1. The van der Waals surface area contributed by atoms with E-state index >= 15 is 0 Å². The molecule has 0 unspecified atom stereocenters. The van der Waals surface area contributed by atoms with E-state index in [0.29, 0.717) is 13.2 Å². The van der Waals surface area contributed by atoms with E-state index in [2.05, 4.69) is 17.1 Å². The Hall–Kier alpha value is -1.75. The van der Waals surface area contributed by atoms with E-state index in [9.17, 15) is 4.79 Å².